The SMILES string of the molecule is CCCOc1cccc(/C(O)=C2/C(=O)C(=O)N(CCN(CC)CC)C2c2ccc(Cl)cc2)c1. The van der Waals surface area contributed by atoms with Crippen LogP contribution in [0.1, 0.15) is 44.4 Å². The number of carbonyl (C=O) groups is 2. The van der Waals surface area contributed by atoms with E-state index in [1.807, 2.05) is 6.92 Å². The van der Waals surface area contributed by atoms with E-state index in [1.54, 1.807) is 53.4 Å². The Morgan fingerprint density at radius 3 is 2.42 bits per heavy atom. The zero-order chi connectivity index (χ0) is 24.0. The van der Waals surface area contributed by atoms with Gasteiger partial charge in [-0.15, -0.1) is 0 Å². The van der Waals surface area contributed by atoms with Crippen LogP contribution >= 0.6 is 11.6 Å². The Morgan fingerprint density at radius 2 is 1.79 bits per heavy atom. The van der Waals surface area contributed by atoms with Gasteiger partial charge in [-0.1, -0.05) is 56.6 Å². The smallest absolute Gasteiger partial charge is 0.295 e. The fourth-order valence-electron chi connectivity index (χ4n) is 4.00. The normalized spacial score (nSPS) is 17.7. The zero-order valence-electron chi connectivity index (χ0n) is 19.4. The molecule has 2 aromatic carbocycles. The Balaban J connectivity index is 2.06. The van der Waals surface area contributed by atoms with Crippen LogP contribution in [-0.2, 0) is 9.59 Å². The highest BCUT2D eigenvalue weighted by molar-refractivity contribution is 6.46. The van der Waals surface area contributed by atoms with E-state index >= 15 is 0 Å². The molecule has 1 aliphatic heterocycles. The van der Waals surface area contributed by atoms with Gasteiger partial charge in [-0.2, -0.15) is 0 Å². The van der Waals surface area contributed by atoms with Crippen molar-refractivity contribution in [3.05, 3.63) is 70.3 Å². The predicted octanol–water partition coefficient (Wildman–Crippen LogP) is 4.89. The van der Waals surface area contributed by atoms with Gasteiger partial charge in [0.05, 0.1) is 18.2 Å². The average molecular weight is 471 g/mol. The number of aliphatic hydroxyl groups is 1. The number of ether oxygens (including phenoxy) is 1. The summed E-state index contributed by atoms with van der Waals surface area (Å²) in [7, 11) is 0. The summed E-state index contributed by atoms with van der Waals surface area (Å²) in [6.45, 7) is 9.36. The minimum Gasteiger partial charge on any atom is -0.507 e. The van der Waals surface area contributed by atoms with E-state index < -0.39 is 17.7 Å². The monoisotopic (exact) mass is 470 g/mol. The van der Waals surface area contributed by atoms with Crippen molar-refractivity contribution in [2.45, 2.75) is 33.2 Å². The number of nitrogens with zero attached hydrogens (tertiary/aromatic N) is 2. The van der Waals surface area contributed by atoms with Gasteiger partial charge < -0.3 is 19.6 Å². The second-order valence-electron chi connectivity index (χ2n) is 7.95. The minimum atomic E-state index is -0.696. The Hall–Kier alpha value is -2.83. The van der Waals surface area contributed by atoms with Gasteiger partial charge in [-0.25, -0.2) is 0 Å². The molecular formula is C26H31ClN2O4. The van der Waals surface area contributed by atoms with Gasteiger partial charge in [0.2, 0.25) is 0 Å². The van der Waals surface area contributed by atoms with Crippen molar-refractivity contribution < 1.29 is 19.4 Å². The number of halogens is 1. The van der Waals surface area contributed by atoms with Crippen LogP contribution in [0.3, 0.4) is 0 Å². The summed E-state index contributed by atoms with van der Waals surface area (Å²) in [5, 5.41) is 11.8. The molecule has 1 N–H and O–H groups in total. The quantitative estimate of drug-likeness (QED) is 0.304. The zero-order valence-corrected chi connectivity index (χ0v) is 20.1. The molecule has 1 heterocycles. The number of hydrogen-bond donors (Lipinski definition) is 1. The van der Waals surface area contributed by atoms with Crippen LogP contribution in [0.15, 0.2) is 54.1 Å². The lowest BCUT2D eigenvalue weighted by molar-refractivity contribution is -0.140. The molecule has 1 saturated heterocycles. The van der Waals surface area contributed by atoms with Crippen molar-refractivity contribution in [3.63, 3.8) is 0 Å². The van der Waals surface area contributed by atoms with E-state index in [2.05, 4.69) is 18.7 Å². The third-order valence-corrected chi connectivity index (χ3v) is 6.11. The highest BCUT2D eigenvalue weighted by atomic mass is 35.5. The fraction of sp³-hybridized carbons (Fsp3) is 0.385. The lowest BCUT2D eigenvalue weighted by Gasteiger charge is -2.28. The molecule has 1 aliphatic rings. The molecule has 0 spiro atoms. The van der Waals surface area contributed by atoms with E-state index in [1.165, 1.54) is 0 Å². The van der Waals surface area contributed by atoms with Gasteiger partial charge in [0, 0.05) is 23.7 Å². The Bertz CT molecular complexity index is 1020. The van der Waals surface area contributed by atoms with E-state index in [0.717, 1.165) is 25.1 Å². The maximum atomic E-state index is 13.1. The van der Waals surface area contributed by atoms with Crippen LogP contribution in [0, 0.1) is 0 Å². The summed E-state index contributed by atoms with van der Waals surface area (Å²) < 4.78 is 5.68. The largest absolute Gasteiger partial charge is 0.507 e. The minimum absolute atomic E-state index is 0.0783. The topological polar surface area (TPSA) is 70.1 Å². The van der Waals surface area contributed by atoms with Crippen LogP contribution in [0.5, 0.6) is 5.75 Å². The van der Waals surface area contributed by atoms with Crippen molar-refractivity contribution in [1.82, 2.24) is 9.80 Å². The van der Waals surface area contributed by atoms with Crippen LogP contribution in [0.4, 0.5) is 0 Å². The number of aliphatic hydroxyl groups excluding tert-OH is 1. The van der Waals surface area contributed by atoms with Crippen LogP contribution in [0.2, 0.25) is 5.02 Å². The van der Waals surface area contributed by atoms with Crippen molar-refractivity contribution in [2.24, 2.45) is 0 Å². The van der Waals surface area contributed by atoms with Crippen LogP contribution < -0.4 is 4.74 Å². The number of ketones is 1. The number of likely N-dealkylation sites (N-methyl/N-ethyl adjacent to an activating group) is 1. The summed E-state index contributed by atoms with van der Waals surface area (Å²) >= 11 is 6.08. The molecule has 3 rings (SSSR count). The first-order valence-corrected chi connectivity index (χ1v) is 11.8. The summed E-state index contributed by atoms with van der Waals surface area (Å²) in [4.78, 5) is 29.9. The van der Waals surface area contributed by atoms with Crippen molar-refractivity contribution in [3.8, 4) is 5.75 Å². The molecule has 0 saturated carbocycles. The molecule has 0 bridgehead atoms. The highest BCUT2D eigenvalue weighted by Gasteiger charge is 2.45. The molecule has 2 aromatic rings. The van der Waals surface area contributed by atoms with Crippen molar-refractivity contribution in [2.75, 3.05) is 32.8 Å². The third-order valence-electron chi connectivity index (χ3n) is 5.86. The fourth-order valence-corrected chi connectivity index (χ4v) is 4.13. The van der Waals surface area contributed by atoms with Crippen molar-refractivity contribution >= 4 is 29.1 Å². The lowest BCUT2D eigenvalue weighted by atomic mass is 9.95. The van der Waals surface area contributed by atoms with Crippen molar-refractivity contribution in [1.29, 1.82) is 0 Å². The molecule has 1 amide bonds. The number of rotatable bonds is 10. The van der Waals surface area contributed by atoms with E-state index in [-0.39, 0.29) is 11.3 Å². The number of hydrogen-bond acceptors (Lipinski definition) is 5. The Morgan fingerprint density at radius 1 is 1.09 bits per heavy atom. The first kappa shape index (κ1) is 24.8. The summed E-state index contributed by atoms with van der Waals surface area (Å²) in [5.74, 6) is -0.908. The van der Waals surface area contributed by atoms with E-state index in [0.29, 0.717) is 36.0 Å². The number of carbonyl (C=O) groups excluding carboxylic acids is 2. The molecule has 1 fully saturated rings. The lowest BCUT2D eigenvalue weighted by Crippen LogP contribution is -2.38. The molecule has 6 nitrogen and oxygen atoms in total. The van der Waals surface area contributed by atoms with Gasteiger partial charge in [0.25, 0.3) is 11.7 Å². The van der Waals surface area contributed by atoms with Gasteiger partial charge in [-0.3, -0.25) is 9.59 Å². The van der Waals surface area contributed by atoms with Gasteiger partial charge in [0.15, 0.2) is 0 Å². The first-order valence-electron chi connectivity index (χ1n) is 11.4. The Kier molecular flexibility index (Phi) is 8.53. The number of Topliss-reactive ketones (excluding diaryl/α,β-unsaturated/α-hetero) is 1. The molecular weight excluding hydrogens is 440 g/mol. The van der Waals surface area contributed by atoms with Gasteiger partial charge >= 0.3 is 0 Å². The second-order valence-corrected chi connectivity index (χ2v) is 8.38. The molecule has 1 unspecified atom stereocenters. The van der Waals surface area contributed by atoms with Crippen LogP contribution in [0.25, 0.3) is 5.76 Å². The number of benzene rings is 2. The summed E-state index contributed by atoms with van der Waals surface area (Å²) in [5.41, 5.74) is 1.23. The van der Waals surface area contributed by atoms with Gasteiger partial charge in [0.1, 0.15) is 11.5 Å². The summed E-state index contributed by atoms with van der Waals surface area (Å²) in [6.07, 6.45) is 0.852. The second kappa shape index (κ2) is 11.3. The molecule has 0 aromatic heterocycles. The standard InChI is InChI=1S/C26H31ClN2O4/c1-4-16-33-21-9-7-8-19(17-21)24(30)22-23(18-10-12-20(27)13-11-18)29(26(32)25(22)31)15-14-28(5-2)6-3/h7-13,17,23,30H,4-6,14-16H2,1-3H3/b24-22-. The number of amides is 1. The Labute approximate surface area is 200 Å². The molecule has 1 atom stereocenters. The van der Waals surface area contributed by atoms with E-state index in [4.69, 9.17) is 16.3 Å². The number of likely N-dealkylation sites (tertiary alicyclic amines) is 1. The van der Waals surface area contributed by atoms with Crippen LogP contribution in [-0.4, -0.2) is 59.4 Å². The molecule has 0 radical (unpaired) electrons. The first-order chi connectivity index (χ1) is 15.9. The van der Waals surface area contributed by atoms with E-state index in [9.17, 15) is 14.7 Å². The van der Waals surface area contributed by atoms with Gasteiger partial charge in [-0.05, 0) is 49.3 Å². The third kappa shape index (κ3) is 5.57. The molecule has 0 aliphatic carbocycles. The molecule has 7 heteroatoms. The maximum absolute atomic E-state index is 13.1. The predicted molar refractivity (Wildman–Crippen MR) is 130 cm³/mol. The highest BCUT2D eigenvalue weighted by Crippen LogP contribution is 2.39. The summed E-state index contributed by atoms with van der Waals surface area (Å²) in [6, 6.07) is 13.3. The maximum Gasteiger partial charge on any atom is 0.295 e. The molecule has 176 valence electrons. The average Bonchev–Trinajstić information content (AvgIpc) is 3.08. The molecule has 33 heavy (non-hydrogen) atoms.